The summed E-state index contributed by atoms with van der Waals surface area (Å²) in [5.41, 5.74) is 3.19. The van der Waals surface area contributed by atoms with Crippen LogP contribution in [0.25, 0.3) is 0 Å². The number of aliphatic hydroxyl groups is 1. The number of anilines is 1. The van der Waals surface area contributed by atoms with E-state index in [-0.39, 0.29) is 12.3 Å². The minimum Gasteiger partial charge on any atom is -0.508 e. The molecule has 4 rings (SSSR count). The van der Waals surface area contributed by atoms with E-state index >= 15 is 0 Å². The Labute approximate surface area is 170 Å². The minimum absolute atomic E-state index is 0.0959. The first-order valence-electron chi connectivity index (χ1n) is 8.99. The Morgan fingerprint density at radius 3 is 2.50 bits per heavy atom. The highest BCUT2D eigenvalue weighted by Gasteiger charge is 2.35. The molecule has 0 amide bonds. The van der Waals surface area contributed by atoms with Gasteiger partial charge < -0.3 is 15.5 Å². The molecule has 1 aliphatic heterocycles. The molecule has 0 spiro atoms. The lowest BCUT2D eigenvalue weighted by molar-refractivity contribution is 0.0493. The number of phenolic OH excluding ortho intramolecular Hbond substituents is 1. The van der Waals surface area contributed by atoms with E-state index in [0.717, 1.165) is 52.4 Å². The van der Waals surface area contributed by atoms with Crippen molar-refractivity contribution in [1.29, 1.82) is 0 Å². The van der Waals surface area contributed by atoms with Crippen molar-refractivity contribution in [3.05, 3.63) is 56.5 Å². The molecule has 6 heteroatoms. The molecule has 1 saturated carbocycles. The fourth-order valence-corrected chi connectivity index (χ4v) is 5.55. The lowest BCUT2D eigenvalue weighted by Crippen LogP contribution is -2.46. The molecule has 0 saturated heterocycles. The average molecular weight is 482 g/mol. The molecule has 1 aliphatic carbocycles. The quantitative estimate of drug-likeness (QED) is 0.555. The summed E-state index contributed by atoms with van der Waals surface area (Å²) in [7, 11) is 0. The summed E-state index contributed by atoms with van der Waals surface area (Å²) in [6.07, 6.45) is 3.34. The van der Waals surface area contributed by atoms with Crippen molar-refractivity contribution in [3.8, 4) is 5.75 Å². The molecule has 138 valence electrons. The van der Waals surface area contributed by atoms with E-state index in [2.05, 4.69) is 48.1 Å². The second-order valence-corrected chi connectivity index (χ2v) is 8.93. The summed E-state index contributed by atoms with van der Waals surface area (Å²) in [4.78, 5) is 2.43. The van der Waals surface area contributed by atoms with Crippen molar-refractivity contribution in [2.45, 2.75) is 50.5 Å². The molecular formula is C20H22Br2N2O2. The first-order valence-corrected chi connectivity index (χ1v) is 10.6. The summed E-state index contributed by atoms with van der Waals surface area (Å²) >= 11 is 7.26. The molecule has 0 aromatic heterocycles. The summed E-state index contributed by atoms with van der Waals surface area (Å²) in [5, 5.41) is 24.0. The number of para-hydroxylation sites is 1. The van der Waals surface area contributed by atoms with Gasteiger partial charge >= 0.3 is 0 Å². The standard InChI is InChI=1S/C20H22Br2N2O2/c21-13-9-12-11-24(14-5-7-15(25)8-6-14)20(23-19(12)17(22)10-13)16-3-1-2-4-18(16)26/h1-4,9-10,14-15,20,23,25-26H,5-8,11H2/t14?,15?,20-/m1/s1. The van der Waals surface area contributed by atoms with Gasteiger partial charge in [-0.15, -0.1) is 0 Å². The van der Waals surface area contributed by atoms with Gasteiger partial charge in [-0.2, -0.15) is 0 Å². The summed E-state index contributed by atoms with van der Waals surface area (Å²) in [6.45, 7) is 0.806. The molecule has 0 radical (unpaired) electrons. The number of hydrogen-bond donors (Lipinski definition) is 3. The van der Waals surface area contributed by atoms with E-state index in [4.69, 9.17) is 0 Å². The second-order valence-electron chi connectivity index (χ2n) is 7.16. The van der Waals surface area contributed by atoms with Crippen LogP contribution < -0.4 is 5.32 Å². The largest absolute Gasteiger partial charge is 0.508 e. The molecule has 1 heterocycles. The van der Waals surface area contributed by atoms with E-state index < -0.39 is 0 Å². The molecule has 2 aliphatic rings. The van der Waals surface area contributed by atoms with Crippen LogP contribution in [0.2, 0.25) is 0 Å². The number of fused-ring (bicyclic) bond motifs is 1. The molecule has 2 aromatic carbocycles. The van der Waals surface area contributed by atoms with E-state index in [1.807, 2.05) is 24.3 Å². The third-order valence-electron chi connectivity index (χ3n) is 5.47. The number of aliphatic hydroxyl groups excluding tert-OH is 1. The molecular weight excluding hydrogens is 460 g/mol. The Bertz CT molecular complexity index is 806. The zero-order valence-electron chi connectivity index (χ0n) is 14.3. The van der Waals surface area contributed by atoms with Gasteiger partial charge in [0.1, 0.15) is 11.9 Å². The van der Waals surface area contributed by atoms with Crippen LogP contribution in [0.4, 0.5) is 5.69 Å². The Morgan fingerprint density at radius 1 is 1.04 bits per heavy atom. The number of rotatable bonds is 2. The second kappa shape index (κ2) is 7.50. The van der Waals surface area contributed by atoms with Crippen molar-refractivity contribution in [1.82, 2.24) is 4.90 Å². The molecule has 26 heavy (non-hydrogen) atoms. The first kappa shape index (κ1) is 18.3. The Kier molecular flexibility index (Phi) is 5.28. The van der Waals surface area contributed by atoms with Crippen LogP contribution in [0.5, 0.6) is 5.75 Å². The Hall–Kier alpha value is -1.08. The first-order chi connectivity index (χ1) is 12.5. The molecule has 0 unspecified atom stereocenters. The zero-order valence-corrected chi connectivity index (χ0v) is 17.5. The van der Waals surface area contributed by atoms with Gasteiger partial charge in [0.15, 0.2) is 0 Å². The Balaban J connectivity index is 1.74. The maximum Gasteiger partial charge on any atom is 0.122 e. The smallest absolute Gasteiger partial charge is 0.122 e. The van der Waals surface area contributed by atoms with Crippen LogP contribution in [-0.2, 0) is 6.54 Å². The van der Waals surface area contributed by atoms with E-state index in [1.54, 1.807) is 6.07 Å². The predicted molar refractivity (Wildman–Crippen MR) is 110 cm³/mol. The van der Waals surface area contributed by atoms with Crippen LogP contribution in [0.3, 0.4) is 0 Å². The molecule has 0 bridgehead atoms. The fourth-order valence-electron chi connectivity index (χ4n) is 4.13. The lowest BCUT2D eigenvalue weighted by Gasteiger charge is -2.45. The van der Waals surface area contributed by atoms with Gasteiger partial charge in [-0.3, -0.25) is 4.90 Å². The number of hydrogen-bond acceptors (Lipinski definition) is 4. The van der Waals surface area contributed by atoms with E-state index in [9.17, 15) is 10.2 Å². The van der Waals surface area contributed by atoms with Crippen LogP contribution in [0, 0.1) is 0 Å². The highest BCUT2D eigenvalue weighted by atomic mass is 79.9. The molecule has 4 nitrogen and oxygen atoms in total. The summed E-state index contributed by atoms with van der Waals surface area (Å²) in [5.74, 6) is 0.308. The van der Waals surface area contributed by atoms with Gasteiger partial charge in [-0.1, -0.05) is 34.1 Å². The number of benzene rings is 2. The normalized spacial score (nSPS) is 26.2. The van der Waals surface area contributed by atoms with Crippen molar-refractivity contribution >= 4 is 37.5 Å². The van der Waals surface area contributed by atoms with Gasteiger partial charge in [0.25, 0.3) is 0 Å². The summed E-state index contributed by atoms with van der Waals surface area (Å²) in [6, 6.07) is 12.1. The number of nitrogens with zero attached hydrogens (tertiary/aromatic N) is 1. The number of phenols is 1. The van der Waals surface area contributed by atoms with E-state index in [0.29, 0.717) is 11.8 Å². The number of nitrogens with one attached hydrogen (secondary N) is 1. The van der Waals surface area contributed by atoms with Crippen LogP contribution >= 0.6 is 31.9 Å². The molecule has 1 atom stereocenters. The van der Waals surface area contributed by atoms with E-state index in [1.165, 1.54) is 5.56 Å². The van der Waals surface area contributed by atoms with Crippen LogP contribution in [-0.4, -0.2) is 27.3 Å². The highest BCUT2D eigenvalue weighted by Crippen LogP contribution is 2.43. The van der Waals surface area contributed by atoms with Crippen molar-refractivity contribution < 1.29 is 10.2 Å². The van der Waals surface area contributed by atoms with Gasteiger partial charge in [0, 0.05) is 27.1 Å². The number of halogens is 2. The van der Waals surface area contributed by atoms with Gasteiger partial charge in [-0.05, 0) is 65.4 Å². The molecule has 1 fully saturated rings. The maximum absolute atomic E-state index is 10.5. The summed E-state index contributed by atoms with van der Waals surface area (Å²) < 4.78 is 2.06. The fraction of sp³-hybridized carbons (Fsp3) is 0.400. The highest BCUT2D eigenvalue weighted by molar-refractivity contribution is 9.11. The van der Waals surface area contributed by atoms with Gasteiger partial charge in [0.2, 0.25) is 0 Å². The van der Waals surface area contributed by atoms with Gasteiger partial charge in [0.05, 0.1) is 11.8 Å². The molecule has 2 aromatic rings. The molecule has 3 N–H and O–H groups in total. The van der Waals surface area contributed by atoms with Gasteiger partial charge in [-0.25, -0.2) is 0 Å². The predicted octanol–water partition coefficient (Wildman–Crippen LogP) is 5.15. The van der Waals surface area contributed by atoms with Crippen LogP contribution in [0.15, 0.2) is 45.3 Å². The third kappa shape index (κ3) is 3.52. The average Bonchev–Trinajstić information content (AvgIpc) is 2.62. The van der Waals surface area contributed by atoms with Crippen molar-refractivity contribution in [3.63, 3.8) is 0 Å². The zero-order chi connectivity index (χ0) is 18.3. The van der Waals surface area contributed by atoms with Crippen molar-refractivity contribution in [2.75, 3.05) is 5.32 Å². The monoisotopic (exact) mass is 480 g/mol. The minimum atomic E-state index is -0.178. The van der Waals surface area contributed by atoms with Crippen molar-refractivity contribution in [2.24, 2.45) is 0 Å². The Morgan fingerprint density at radius 2 is 1.77 bits per heavy atom. The lowest BCUT2D eigenvalue weighted by atomic mass is 9.90. The van der Waals surface area contributed by atoms with Crippen LogP contribution in [0.1, 0.15) is 43.0 Å². The maximum atomic E-state index is 10.5. The SMILES string of the molecule is Oc1ccccc1[C@@H]1Nc2c(Br)cc(Br)cc2CN1C1CCC(O)CC1. The number of aromatic hydroxyl groups is 1. The third-order valence-corrected chi connectivity index (χ3v) is 6.55. The topological polar surface area (TPSA) is 55.7 Å².